The highest BCUT2D eigenvalue weighted by Crippen LogP contribution is 2.41. The lowest BCUT2D eigenvalue weighted by Gasteiger charge is -2.22. The van der Waals surface area contributed by atoms with E-state index >= 15 is 0 Å². The number of fused-ring (bicyclic) bond motifs is 2. The van der Waals surface area contributed by atoms with Crippen molar-refractivity contribution in [2.45, 2.75) is 17.7 Å². The summed E-state index contributed by atoms with van der Waals surface area (Å²) < 4.78 is 20.5. The first-order valence-electron chi connectivity index (χ1n) is 9.30. The lowest BCUT2D eigenvalue weighted by Crippen LogP contribution is -2.27. The number of guanidine groups is 1. The number of nitrogens with one attached hydrogen (secondary N) is 2. The number of halogens is 1. The lowest BCUT2D eigenvalue weighted by atomic mass is 10.2. The predicted molar refractivity (Wildman–Crippen MR) is 115 cm³/mol. The first-order chi connectivity index (χ1) is 14.3. The Morgan fingerprint density at radius 3 is 2.93 bits per heavy atom. The van der Waals surface area contributed by atoms with E-state index in [9.17, 15) is 0 Å². The van der Waals surface area contributed by atoms with Gasteiger partial charge in [-0.3, -0.25) is 4.72 Å². The van der Waals surface area contributed by atoms with Crippen LogP contribution in [-0.2, 0) is 0 Å². The van der Waals surface area contributed by atoms with Crippen molar-refractivity contribution in [3.05, 3.63) is 59.3 Å². The second-order valence-corrected chi connectivity index (χ2v) is 7.87. The third kappa shape index (κ3) is 3.88. The van der Waals surface area contributed by atoms with Gasteiger partial charge in [-0.05, 0) is 55.1 Å². The maximum atomic E-state index is 6.33. The number of hydrogen-bond acceptors (Lipinski definition) is 7. The van der Waals surface area contributed by atoms with Crippen LogP contribution in [0.15, 0.2) is 69.2 Å². The first kappa shape index (κ1) is 18.3. The molecule has 0 aromatic heterocycles. The molecule has 0 saturated heterocycles. The number of nitrogens with zero attached hydrogens (tertiary/aromatic N) is 1. The number of rotatable bonds is 3. The van der Waals surface area contributed by atoms with Gasteiger partial charge in [0.05, 0.1) is 9.93 Å². The zero-order valence-electron chi connectivity index (χ0n) is 15.4. The van der Waals surface area contributed by atoms with E-state index in [0.717, 1.165) is 45.6 Å². The molecular weight excluding hydrogens is 410 g/mol. The van der Waals surface area contributed by atoms with Crippen molar-refractivity contribution < 1.29 is 14.2 Å². The van der Waals surface area contributed by atoms with Crippen LogP contribution >= 0.6 is 23.5 Å². The molecule has 8 heteroatoms. The van der Waals surface area contributed by atoms with E-state index < -0.39 is 0 Å². The average Bonchev–Trinajstić information content (AvgIpc) is 2.76. The monoisotopic (exact) mass is 427 g/mol. The molecule has 148 valence electrons. The van der Waals surface area contributed by atoms with Gasteiger partial charge in [0.2, 0.25) is 5.96 Å². The number of para-hydroxylation sites is 1. The Bertz CT molecular complexity index is 1050. The van der Waals surface area contributed by atoms with Gasteiger partial charge in [0.25, 0.3) is 0 Å². The third-order valence-electron chi connectivity index (χ3n) is 4.54. The molecule has 2 aromatic rings. The largest absolute Gasteiger partial charge is 0.486 e. The minimum atomic E-state index is 0.548. The molecule has 29 heavy (non-hydrogen) atoms. The molecule has 0 unspecified atom stereocenters. The van der Waals surface area contributed by atoms with Crippen LogP contribution in [0.1, 0.15) is 12.8 Å². The highest BCUT2D eigenvalue weighted by atomic mass is 35.5. The lowest BCUT2D eigenvalue weighted by molar-refractivity contribution is 0.171. The zero-order valence-corrected chi connectivity index (χ0v) is 17.0. The second kappa shape index (κ2) is 7.93. The van der Waals surface area contributed by atoms with Gasteiger partial charge in [0.15, 0.2) is 17.2 Å². The van der Waals surface area contributed by atoms with Gasteiger partial charge >= 0.3 is 0 Å². The molecular formula is C21H18ClN3O3S. The Morgan fingerprint density at radius 2 is 2.03 bits per heavy atom. The first-order valence-corrected chi connectivity index (χ1v) is 10.5. The van der Waals surface area contributed by atoms with E-state index in [0.29, 0.717) is 30.7 Å². The van der Waals surface area contributed by atoms with E-state index in [1.54, 1.807) is 0 Å². The van der Waals surface area contributed by atoms with Crippen molar-refractivity contribution in [2.24, 2.45) is 4.99 Å². The summed E-state index contributed by atoms with van der Waals surface area (Å²) in [4.78, 5) is 5.71. The summed E-state index contributed by atoms with van der Waals surface area (Å²) in [6.45, 7) is 1.12. The third-order valence-corrected chi connectivity index (χ3v) is 5.76. The van der Waals surface area contributed by atoms with Gasteiger partial charge in [0, 0.05) is 11.8 Å². The van der Waals surface area contributed by atoms with Crippen LogP contribution in [0.25, 0.3) is 0 Å². The fraction of sp³-hybridized carbons (Fsp3) is 0.190. The summed E-state index contributed by atoms with van der Waals surface area (Å²) in [6.07, 6.45) is 5.70. The summed E-state index contributed by atoms with van der Waals surface area (Å²) in [6, 6.07) is 11.6. The van der Waals surface area contributed by atoms with Crippen molar-refractivity contribution in [3.8, 4) is 17.2 Å². The molecule has 0 saturated carbocycles. The molecule has 2 aromatic carbocycles. The molecule has 0 bridgehead atoms. The van der Waals surface area contributed by atoms with Crippen LogP contribution in [0.4, 0.5) is 11.4 Å². The molecule has 2 aliphatic heterocycles. The predicted octanol–water partition coefficient (Wildman–Crippen LogP) is 5.35. The highest BCUT2D eigenvalue weighted by Gasteiger charge is 2.19. The number of hydrogen-bond donors (Lipinski definition) is 2. The van der Waals surface area contributed by atoms with Gasteiger partial charge < -0.3 is 19.5 Å². The molecule has 0 spiro atoms. The van der Waals surface area contributed by atoms with Gasteiger partial charge in [-0.15, -0.1) is 0 Å². The van der Waals surface area contributed by atoms with Crippen LogP contribution in [0.2, 0.25) is 0 Å². The number of anilines is 1. The van der Waals surface area contributed by atoms with E-state index in [2.05, 4.69) is 16.1 Å². The molecule has 2 heterocycles. The van der Waals surface area contributed by atoms with Crippen LogP contribution < -0.4 is 24.2 Å². The number of ether oxygens (including phenoxy) is 3. The van der Waals surface area contributed by atoms with Crippen molar-refractivity contribution in [2.75, 3.05) is 18.5 Å². The maximum absolute atomic E-state index is 6.33. The number of aliphatic imine (C=N–C) groups is 1. The molecule has 0 atom stereocenters. The zero-order chi connectivity index (χ0) is 19.6. The molecule has 2 N–H and O–H groups in total. The Balaban J connectivity index is 1.41. The standard InChI is InChI=1S/C21H18ClN3O3S/c22-14-4-1-2-5-15(14)28-17-6-3-7-19-20(17)24-21(25-29-19)23-13-8-9-16-18(12-13)27-11-10-26-16/h2-3,5-9,12H,1,4,10-11H2,(H2,23,24,25). The van der Waals surface area contributed by atoms with Crippen LogP contribution in [-0.4, -0.2) is 19.2 Å². The molecule has 5 rings (SSSR count). The fourth-order valence-corrected chi connectivity index (χ4v) is 4.05. The van der Waals surface area contributed by atoms with Crippen LogP contribution in [0.5, 0.6) is 17.2 Å². The Kier molecular flexibility index (Phi) is 4.99. The second-order valence-electron chi connectivity index (χ2n) is 6.56. The summed E-state index contributed by atoms with van der Waals surface area (Å²) in [5, 5.41) is 4.01. The van der Waals surface area contributed by atoms with E-state index in [-0.39, 0.29) is 0 Å². The number of allylic oxidation sites excluding steroid dienone is 3. The van der Waals surface area contributed by atoms with Crippen molar-refractivity contribution >= 4 is 40.9 Å². The molecule has 0 amide bonds. The molecule has 0 fully saturated rings. The average molecular weight is 428 g/mol. The van der Waals surface area contributed by atoms with Gasteiger partial charge in [-0.1, -0.05) is 23.7 Å². The minimum Gasteiger partial charge on any atom is -0.486 e. The number of benzene rings is 2. The quantitative estimate of drug-likeness (QED) is 0.644. The Labute approximate surface area is 177 Å². The van der Waals surface area contributed by atoms with Crippen LogP contribution in [0.3, 0.4) is 0 Å². The van der Waals surface area contributed by atoms with Crippen LogP contribution in [0, 0.1) is 0 Å². The molecule has 6 nitrogen and oxygen atoms in total. The van der Waals surface area contributed by atoms with E-state index in [1.165, 1.54) is 11.9 Å². The van der Waals surface area contributed by atoms with Crippen molar-refractivity contribution in [3.63, 3.8) is 0 Å². The Hall–Kier alpha value is -2.77. The Morgan fingerprint density at radius 1 is 1.14 bits per heavy atom. The summed E-state index contributed by atoms with van der Waals surface area (Å²) in [5.41, 5.74) is 1.61. The van der Waals surface area contributed by atoms with Gasteiger partial charge in [-0.2, -0.15) is 0 Å². The SMILES string of the molecule is ClC1=C(Oc2cccc3c2N=C(Nc2ccc4c(c2)OCCO4)NS3)C=CCC1. The maximum Gasteiger partial charge on any atom is 0.211 e. The summed E-state index contributed by atoms with van der Waals surface area (Å²) in [7, 11) is 0. The highest BCUT2D eigenvalue weighted by molar-refractivity contribution is 7.98. The van der Waals surface area contributed by atoms with E-state index in [1.807, 2.05) is 42.5 Å². The normalized spacial score (nSPS) is 17.2. The minimum absolute atomic E-state index is 0.548. The molecule has 3 aliphatic rings. The van der Waals surface area contributed by atoms with E-state index in [4.69, 9.17) is 30.8 Å². The molecule has 1 aliphatic carbocycles. The molecule has 0 radical (unpaired) electrons. The smallest absolute Gasteiger partial charge is 0.211 e. The van der Waals surface area contributed by atoms with Crippen molar-refractivity contribution in [1.29, 1.82) is 0 Å². The van der Waals surface area contributed by atoms with Gasteiger partial charge in [-0.25, -0.2) is 4.99 Å². The summed E-state index contributed by atoms with van der Waals surface area (Å²) >= 11 is 7.80. The topological polar surface area (TPSA) is 64.1 Å². The summed E-state index contributed by atoms with van der Waals surface area (Å²) in [5.74, 6) is 3.42. The fourth-order valence-electron chi connectivity index (χ4n) is 3.15. The van der Waals surface area contributed by atoms with Crippen molar-refractivity contribution in [1.82, 2.24) is 4.72 Å². The van der Waals surface area contributed by atoms with Gasteiger partial charge in [0.1, 0.15) is 24.7 Å².